The standard InChI is InChI=1S/C35H45N3O8/c1-35(33(40)36-2,34(41)37-46-31-10-6-8-23-44-31)38(3)32(39)28-19-15-26(16-20-28)12-11-25-13-17-27(18-14-25)29(21-24-42-4)45-30-9-5-7-22-43-30/h13-20,29-31H,5-10,21-24H2,1-4H3,(H,36,40)(H,37,41)/t29-,30?,31?,35+/m1/s1. The van der Waals surface area contributed by atoms with Gasteiger partial charge in [0, 0.05) is 70.6 Å². The molecule has 2 aromatic carbocycles. The Hall–Kier alpha value is -3.79. The summed E-state index contributed by atoms with van der Waals surface area (Å²) >= 11 is 0. The molecule has 2 aromatic rings. The largest absolute Gasteiger partial charge is 0.385 e. The van der Waals surface area contributed by atoms with Crippen LogP contribution in [0, 0.1) is 11.8 Å². The summed E-state index contributed by atoms with van der Waals surface area (Å²) in [4.78, 5) is 46.0. The van der Waals surface area contributed by atoms with Crippen molar-refractivity contribution in [2.45, 2.75) is 76.1 Å². The molecule has 2 fully saturated rings. The maximum absolute atomic E-state index is 13.4. The number of benzene rings is 2. The van der Waals surface area contributed by atoms with Crippen molar-refractivity contribution in [2.24, 2.45) is 0 Å². The fourth-order valence-corrected chi connectivity index (χ4v) is 5.23. The second kappa shape index (κ2) is 17.2. The third-order valence-corrected chi connectivity index (χ3v) is 8.31. The molecule has 4 atom stereocenters. The van der Waals surface area contributed by atoms with Gasteiger partial charge in [0.2, 0.25) is 0 Å². The molecule has 0 saturated carbocycles. The first kappa shape index (κ1) is 35.1. The number of likely N-dealkylation sites (N-methyl/N-ethyl adjacent to an activating group) is 2. The third-order valence-electron chi connectivity index (χ3n) is 8.31. The molecule has 2 aliphatic heterocycles. The molecule has 2 aliphatic rings. The van der Waals surface area contributed by atoms with E-state index in [9.17, 15) is 14.4 Å². The predicted octanol–water partition coefficient (Wildman–Crippen LogP) is 3.86. The SMILES string of the molecule is CNC(=O)[C@@](C)(C(=O)NOC1CCCCO1)N(C)C(=O)c1ccc(C#Cc2ccc([C@@H](CCOC)OC3CCCCO3)cc2)cc1. The molecule has 2 unspecified atom stereocenters. The van der Waals surface area contributed by atoms with Gasteiger partial charge in [0.05, 0.1) is 6.10 Å². The molecule has 248 valence electrons. The molecule has 2 N–H and O–H groups in total. The minimum atomic E-state index is -1.89. The second-order valence-electron chi connectivity index (χ2n) is 11.5. The van der Waals surface area contributed by atoms with Crippen molar-refractivity contribution < 1.29 is 38.2 Å². The lowest BCUT2D eigenvalue weighted by Gasteiger charge is -2.36. The number of amides is 3. The first-order valence-electron chi connectivity index (χ1n) is 15.8. The van der Waals surface area contributed by atoms with Crippen LogP contribution in [0.25, 0.3) is 0 Å². The fraction of sp³-hybridized carbons (Fsp3) is 0.514. The van der Waals surface area contributed by atoms with Crippen molar-refractivity contribution in [1.82, 2.24) is 15.7 Å². The number of ether oxygens (including phenoxy) is 4. The number of hydrogen-bond donors (Lipinski definition) is 2. The number of nitrogens with one attached hydrogen (secondary N) is 2. The molecule has 0 aromatic heterocycles. The molecule has 3 amide bonds. The van der Waals surface area contributed by atoms with Crippen LogP contribution in [0.3, 0.4) is 0 Å². The van der Waals surface area contributed by atoms with Crippen LogP contribution >= 0.6 is 0 Å². The summed E-state index contributed by atoms with van der Waals surface area (Å²) in [5.41, 5.74) is 3.29. The van der Waals surface area contributed by atoms with Crippen molar-refractivity contribution >= 4 is 17.7 Å². The Kier molecular flexibility index (Phi) is 13.1. The van der Waals surface area contributed by atoms with Gasteiger partial charge in [-0.05, 0) is 81.0 Å². The summed E-state index contributed by atoms with van der Waals surface area (Å²) in [5, 5.41) is 2.47. The van der Waals surface area contributed by atoms with E-state index in [4.69, 9.17) is 23.8 Å². The van der Waals surface area contributed by atoms with Crippen LogP contribution in [0.15, 0.2) is 48.5 Å². The summed E-state index contributed by atoms with van der Waals surface area (Å²) in [7, 11) is 4.48. The summed E-state index contributed by atoms with van der Waals surface area (Å²) in [6.45, 7) is 3.20. The van der Waals surface area contributed by atoms with Crippen molar-refractivity contribution in [3.63, 3.8) is 0 Å². The molecular weight excluding hydrogens is 590 g/mol. The van der Waals surface area contributed by atoms with E-state index in [1.165, 1.54) is 21.0 Å². The highest BCUT2D eigenvalue weighted by molar-refractivity contribution is 6.12. The van der Waals surface area contributed by atoms with Crippen molar-refractivity contribution in [3.05, 3.63) is 70.8 Å². The van der Waals surface area contributed by atoms with E-state index in [1.807, 2.05) is 24.3 Å². The Labute approximate surface area is 271 Å². The monoisotopic (exact) mass is 635 g/mol. The highest BCUT2D eigenvalue weighted by Crippen LogP contribution is 2.27. The zero-order valence-electron chi connectivity index (χ0n) is 27.1. The molecule has 0 bridgehead atoms. The highest BCUT2D eigenvalue weighted by Gasteiger charge is 2.47. The molecule has 4 rings (SSSR count). The van der Waals surface area contributed by atoms with Crippen molar-refractivity contribution in [3.8, 4) is 11.8 Å². The van der Waals surface area contributed by atoms with Crippen LogP contribution in [-0.2, 0) is 33.4 Å². The minimum absolute atomic E-state index is 0.136. The Morgan fingerprint density at radius 2 is 1.50 bits per heavy atom. The van der Waals surface area contributed by atoms with Crippen LogP contribution in [0.5, 0.6) is 0 Å². The van der Waals surface area contributed by atoms with E-state index < -0.39 is 29.6 Å². The van der Waals surface area contributed by atoms with Gasteiger partial charge in [0.25, 0.3) is 17.7 Å². The summed E-state index contributed by atoms with van der Waals surface area (Å²) in [6.07, 6.45) is 5.27. The van der Waals surface area contributed by atoms with Gasteiger partial charge in [-0.25, -0.2) is 10.3 Å². The lowest BCUT2D eigenvalue weighted by molar-refractivity contribution is -0.204. The molecule has 0 aliphatic carbocycles. The molecule has 2 heterocycles. The molecule has 2 saturated heterocycles. The Balaban J connectivity index is 1.40. The Morgan fingerprint density at radius 3 is 2.04 bits per heavy atom. The van der Waals surface area contributed by atoms with Gasteiger partial charge in [-0.2, -0.15) is 0 Å². The van der Waals surface area contributed by atoms with Crippen molar-refractivity contribution in [1.29, 1.82) is 0 Å². The number of hydrogen-bond acceptors (Lipinski definition) is 8. The van der Waals surface area contributed by atoms with Gasteiger partial charge in [0.1, 0.15) is 0 Å². The lowest BCUT2D eigenvalue weighted by Crippen LogP contribution is -2.65. The summed E-state index contributed by atoms with van der Waals surface area (Å²) in [5.74, 6) is 4.31. The van der Waals surface area contributed by atoms with E-state index in [2.05, 4.69) is 22.6 Å². The zero-order chi connectivity index (χ0) is 32.9. The van der Waals surface area contributed by atoms with Gasteiger partial charge >= 0.3 is 0 Å². The zero-order valence-corrected chi connectivity index (χ0v) is 27.1. The predicted molar refractivity (Wildman–Crippen MR) is 170 cm³/mol. The highest BCUT2D eigenvalue weighted by atomic mass is 16.8. The van der Waals surface area contributed by atoms with E-state index in [1.54, 1.807) is 31.4 Å². The topological polar surface area (TPSA) is 125 Å². The maximum Gasteiger partial charge on any atom is 0.279 e. The second-order valence-corrected chi connectivity index (χ2v) is 11.5. The normalized spacial score (nSPS) is 19.9. The number of hydroxylamine groups is 1. The van der Waals surface area contributed by atoms with Gasteiger partial charge in [-0.15, -0.1) is 0 Å². The van der Waals surface area contributed by atoms with Gasteiger partial charge in [0.15, 0.2) is 18.1 Å². The van der Waals surface area contributed by atoms with Crippen molar-refractivity contribution in [2.75, 3.05) is 41.0 Å². The van der Waals surface area contributed by atoms with Crippen LogP contribution in [0.4, 0.5) is 0 Å². The van der Waals surface area contributed by atoms with Crippen LogP contribution in [-0.4, -0.2) is 81.8 Å². The summed E-state index contributed by atoms with van der Waals surface area (Å²) < 4.78 is 22.8. The van der Waals surface area contributed by atoms with Gasteiger partial charge < -0.3 is 29.2 Å². The quantitative estimate of drug-likeness (QED) is 0.205. The van der Waals surface area contributed by atoms with E-state index >= 15 is 0 Å². The van der Waals surface area contributed by atoms with Crippen LogP contribution in [0.1, 0.15) is 85.0 Å². The number of nitrogens with zero attached hydrogens (tertiary/aromatic N) is 1. The first-order valence-corrected chi connectivity index (χ1v) is 15.8. The first-order chi connectivity index (χ1) is 22.3. The number of methoxy groups -OCH3 is 1. The Bertz CT molecular complexity index is 1360. The number of rotatable bonds is 12. The molecule has 11 heteroatoms. The van der Waals surface area contributed by atoms with Crippen LogP contribution < -0.4 is 10.8 Å². The molecule has 46 heavy (non-hydrogen) atoms. The average molecular weight is 636 g/mol. The minimum Gasteiger partial charge on any atom is -0.385 e. The van der Waals surface area contributed by atoms with Crippen LogP contribution in [0.2, 0.25) is 0 Å². The molecule has 11 nitrogen and oxygen atoms in total. The number of carbonyl (C=O) groups excluding carboxylic acids is 3. The average Bonchev–Trinajstić information content (AvgIpc) is 3.11. The maximum atomic E-state index is 13.4. The Morgan fingerprint density at radius 1 is 0.913 bits per heavy atom. The van der Waals surface area contributed by atoms with E-state index in [0.29, 0.717) is 30.8 Å². The van der Waals surface area contributed by atoms with Gasteiger partial charge in [-0.3, -0.25) is 14.4 Å². The number of carbonyl (C=O) groups is 3. The van der Waals surface area contributed by atoms with E-state index in [0.717, 1.165) is 61.2 Å². The van der Waals surface area contributed by atoms with E-state index in [-0.39, 0.29) is 12.4 Å². The molecular formula is C35H45N3O8. The summed E-state index contributed by atoms with van der Waals surface area (Å²) in [6, 6.07) is 14.6. The third kappa shape index (κ3) is 9.15. The molecule has 0 spiro atoms. The lowest BCUT2D eigenvalue weighted by atomic mass is 9.96. The fourth-order valence-electron chi connectivity index (χ4n) is 5.23. The smallest absolute Gasteiger partial charge is 0.279 e. The van der Waals surface area contributed by atoms with Gasteiger partial charge in [-0.1, -0.05) is 24.0 Å². The molecule has 0 radical (unpaired) electrons.